The van der Waals surface area contributed by atoms with Gasteiger partial charge in [0.1, 0.15) is 5.82 Å². The molecule has 0 spiro atoms. The molecule has 0 aliphatic rings. The van der Waals surface area contributed by atoms with Crippen LogP contribution in [-0.2, 0) is 0 Å². The molecular formula is C13H12BrFN2. The van der Waals surface area contributed by atoms with Crippen molar-refractivity contribution in [2.75, 3.05) is 5.32 Å². The Morgan fingerprint density at radius 2 is 1.94 bits per heavy atom. The van der Waals surface area contributed by atoms with Crippen LogP contribution in [0.5, 0.6) is 0 Å². The van der Waals surface area contributed by atoms with Gasteiger partial charge in [0.2, 0.25) is 5.95 Å². The van der Waals surface area contributed by atoms with E-state index in [2.05, 4.69) is 26.2 Å². The smallest absolute Gasteiger partial charge is 0.214 e. The van der Waals surface area contributed by atoms with Gasteiger partial charge in [0.15, 0.2) is 0 Å². The zero-order valence-corrected chi connectivity index (χ0v) is 10.9. The lowest BCUT2D eigenvalue weighted by atomic mass is 10.1. The van der Waals surface area contributed by atoms with Gasteiger partial charge in [-0.2, -0.15) is 4.39 Å². The first kappa shape index (κ1) is 12.0. The number of nitrogens with one attached hydrogen (secondary N) is 1. The quantitative estimate of drug-likeness (QED) is 0.860. The van der Waals surface area contributed by atoms with Crippen LogP contribution in [0.2, 0.25) is 0 Å². The Balaban J connectivity index is 2.17. The van der Waals surface area contributed by atoms with Crippen LogP contribution in [0.3, 0.4) is 0 Å². The van der Waals surface area contributed by atoms with E-state index in [4.69, 9.17) is 0 Å². The summed E-state index contributed by atoms with van der Waals surface area (Å²) in [6.07, 6.45) is 0. The summed E-state index contributed by atoms with van der Waals surface area (Å²) in [5, 5.41) is 3.16. The van der Waals surface area contributed by atoms with Crippen LogP contribution in [-0.4, -0.2) is 4.98 Å². The third-order valence-electron chi connectivity index (χ3n) is 2.45. The van der Waals surface area contributed by atoms with Gasteiger partial charge in [-0.3, -0.25) is 0 Å². The highest BCUT2D eigenvalue weighted by molar-refractivity contribution is 9.10. The molecule has 0 radical (unpaired) electrons. The van der Waals surface area contributed by atoms with E-state index in [0.717, 1.165) is 10.0 Å². The van der Waals surface area contributed by atoms with Crippen LogP contribution in [0.1, 0.15) is 18.5 Å². The number of hydrogen-bond donors (Lipinski definition) is 1. The maximum Gasteiger partial charge on any atom is 0.214 e. The molecule has 0 saturated carbocycles. The van der Waals surface area contributed by atoms with Gasteiger partial charge < -0.3 is 5.32 Å². The van der Waals surface area contributed by atoms with Crippen LogP contribution < -0.4 is 5.32 Å². The Morgan fingerprint density at radius 1 is 1.18 bits per heavy atom. The highest BCUT2D eigenvalue weighted by Gasteiger charge is 2.09. The lowest BCUT2D eigenvalue weighted by Gasteiger charge is -2.16. The predicted molar refractivity (Wildman–Crippen MR) is 70.4 cm³/mol. The van der Waals surface area contributed by atoms with Crippen molar-refractivity contribution in [1.29, 1.82) is 0 Å². The van der Waals surface area contributed by atoms with E-state index >= 15 is 0 Å². The van der Waals surface area contributed by atoms with Gasteiger partial charge in [0.25, 0.3) is 0 Å². The number of halogens is 2. The van der Waals surface area contributed by atoms with Gasteiger partial charge in [-0.1, -0.05) is 40.2 Å². The maximum atomic E-state index is 12.9. The minimum atomic E-state index is -0.477. The van der Waals surface area contributed by atoms with Crippen LogP contribution in [0.4, 0.5) is 10.2 Å². The summed E-state index contributed by atoms with van der Waals surface area (Å²) in [5.74, 6) is 0.0579. The molecule has 4 heteroatoms. The molecule has 0 fully saturated rings. The molecule has 1 atom stereocenters. The number of nitrogens with zero attached hydrogens (tertiary/aromatic N) is 1. The monoisotopic (exact) mass is 294 g/mol. The SMILES string of the molecule is CC(Nc1cccc(F)n1)c1ccccc1Br. The van der Waals surface area contributed by atoms with Crippen molar-refractivity contribution >= 4 is 21.7 Å². The topological polar surface area (TPSA) is 24.9 Å². The third kappa shape index (κ3) is 3.03. The first-order chi connectivity index (χ1) is 8.16. The summed E-state index contributed by atoms with van der Waals surface area (Å²) in [5.41, 5.74) is 1.11. The molecule has 2 nitrogen and oxygen atoms in total. The fourth-order valence-electron chi connectivity index (χ4n) is 1.61. The largest absolute Gasteiger partial charge is 0.363 e. The van der Waals surface area contributed by atoms with E-state index in [1.165, 1.54) is 6.07 Å². The number of hydrogen-bond acceptors (Lipinski definition) is 2. The van der Waals surface area contributed by atoms with Gasteiger partial charge in [-0.15, -0.1) is 0 Å². The van der Waals surface area contributed by atoms with Crippen molar-refractivity contribution < 1.29 is 4.39 Å². The molecular weight excluding hydrogens is 283 g/mol. The fourth-order valence-corrected chi connectivity index (χ4v) is 2.24. The van der Waals surface area contributed by atoms with Gasteiger partial charge in [0, 0.05) is 4.47 Å². The molecule has 1 unspecified atom stereocenters. The molecule has 0 amide bonds. The van der Waals surface area contributed by atoms with Crippen molar-refractivity contribution in [3.63, 3.8) is 0 Å². The molecule has 2 rings (SSSR count). The first-order valence-electron chi connectivity index (χ1n) is 5.30. The lowest BCUT2D eigenvalue weighted by molar-refractivity contribution is 0.584. The van der Waals surface area contributed by atoms with Crippen LogP contribution in [0, 0.1) is 5.95 Å². The third-order valence-corrected chi connectivity index (χ3v) is 3.17. The Hall–Kier alpha value is -1.42. The van der Waals surface area contributed by atoms with Crippen LogP contribution in [0.25, 0.3) is 0 Å². The van der Waals surface area contributed by atoms with Crippen molar-refractivity contribution in [2.24, 2.45) is 0 Å². The Bertz CT molecular complexity index is 516. The summed E-state index contributed by atoms with van der Waals surface area (Å²) >= 11 is 3.49. The molecule has 1 N–H and O–H groups in total. The van der Waals surface area contributed by atoms with Crippen LogP contribution in [0.15, 0.2) is 46.9 Å². The molecule has 2 aromatic rings. The Labute approximate surface area is 108 Å². The molecule has 1 aromatic heterocycles. The second kappa shape index (κ2) is 5.27. The average molecular weight is 295 g/mol. The summed E-state index contributed by atoms with van der Waals surface area (Å²) in [4.78, 5) is 3.78. The summed E-state index contributed by atoms with van der Waals surface area (Å²) in [6.45, 7) is 2.01. The normalized spacial score (nSPS) is 12.2. The Morgan fingerprint density at radius 3 is 2.65 bits per heavy atom. The van der Waals surface area contributed by atoms with E-state index in [0.29, 0.717) is 5.82 Å². The van der Waals surface area contributed by atoms with Crippen molar-refractivity contribution in [3.05, 3.63) is 58.4 Å². The number of pyridine rings is 1. The zero-order chi connectivity index (χ0) is 12.3. The highest BCUT2D eigenvalue weighted by Crippen LogP contribution is 2.25. The average Bonchev–Trinajstić information content (AvgIpc) is 2.29. The van der Waals surface area contributed by atoms with Crippen LogP contribution >= 0.6 is 15.9 Å². The highest BCUT2D eigenvalue weighted by atomic mass is 79.9. The number of aromatic nitrogens is 1. The zero-order valence-electron chi connectivity index (χ0n) is 9.32. The Kier molecular flexibility index (Phi) is 3.74. The summed E-state index contributed by atoms with van der Waals surface area (Å²) < 4.78 is 14.0. The second-order valence-electron chi connectivity index (χ2n) is 3.73. The van der Waals surface area contributed by atoms with Crippen molar-refractivity contribution in [3.8, 4) is 0 Å². The maximum absolute atomic E-state index is 12.9. The molecule has 17 heavy (non-hydrogen) atoms. The molecule has 88 valence electrons. The molecule has 1 aromatic carbocycles. The van der Waals surface area contributed by atoms with Crippen molar-refractivity contribution in [2.45, 2.75) is 13.0 Å². The summed E-state index contributed by atoms with van der Waals surface area (Å²) in [7, 11) is 0. The summed E-state index contributed by atoms with van der Waals surface area (Å²) in [6, 6.07) is 12.7. The first-order valence-corrected chi connectivity index (χ1v) is 6.09. The van der Waals surface area contributed by atoms with Gasteiger partial charge in [0.05, 0.1) is 6.04 Å². The van der Waals surface area contributed by atoms with E-state index < -0.39 is 5.95 Å². The van der Waals surface area contributed by atoms with Gasteiger partial charge in [-0.05, 0) is 30.7 Å². The standard InChI is InChI=1S/C13H12BrFN2/c1-9(10-5-2-3-6-11(10)14)16-13-8-4-7-12(15)17-13/h2-9H,1H3,(H,16,17). The van der Waals surface area contributed by atoms with E-state index in [1.807, 2.05) is 31.2 Å². The molecule has 0 aliphatic heterocycles. The minimum Gasteiger partial charge on any atom is -0.363 e. The minimum absolute atomic E-state index is 0.0554. The second-order valence-corrected chi connectivity index (χ2v) is 4.59. The van der Waals surface area contributed by atoms with Gasteiger partial charge in [-0.25, -0.2) is 4.98 Å². The molecule has 0 saturated heterocycles. The number of benzene rings is 1. The molecule has 1 heterocycles. The predicted octanol–water partition coefficient (Wildman–Crippen LogP) is 4.16. The van der Waals surface area contributed by atoms with E-state index in [9.17, 15) is 4.39 Å². The fraction of sp³-hybridized carbons (Fsp3) is 0.154. The molecule has 0 aliphatic carbocycles. The molecule has 0 bridgehead atoms. The number of rotatable bonds is 3. The lowest BCUT2D eigenvalue weighted by Crippen LogP contribution is -2.08. The van der Waals surface area contributed by atoms with Gasteiger partial charge >= 0.3 is 0 Å². The van der Waals surface area contributed by atoms with E-state index in [1.54, 1.807) is 12.1 Å². The van der Waals surface area contributed by atoms with Crippen molar-refractivity contribution in [1.82, 2.24) is 4.98 Å². The van der Waals surface area contributed by atoms with E-state index in [-0.39, 0.29) is 6.04 Å². The number of anilines is 1.